The summed E-state index contributed by atoms with van der Waals surface area (Å²) in [6.45, 7) is 3.79. The van der Waals surface area contributed by atoms with Crippen molar-refractivity contribution in [2.24, 2.45) is 0 Å². The zero-order valence-corrected chi connectivity index (χ0v) is 16.8. The van der Waals surface area contributed by atoms with Crippen molar-refractivity contribution in [1.82, 2.24) is 14.8 Å². The van der Waals surface area contributed by atoms with E-state index in [4.69, 9.17) is 9.72 Å². The Morgan fingerprint density at radius 1 is 1.21 bits per heavy atom. The van der Waals surface area contributed by atoms with Crippen LogP contribution < -0.4 is 0 Å². The number of hydrogen-bond acceptors (Lipinski definition) is 6. The number of aryl methyl sites for hydroxylation is 2. The molecule has 0 bridgehead atoms. The van der Waals surface area contributed by atoms with Crippen LogP contribution in [0.15, 0.2) is 30.3 Å². The first kappa shape index (κ1) is 18.6. The van der Waals surface area contributed by atoms with Crippen LogP contribution in [0.5, 0.6) is 0 Å². The summed E-state index contributed by atoms with van der Waals surface area (Å²) < 4.78 is 30.6. The van der Waals surface area contributed by atoms with Crippen molar-refractivity contribution in [2.75, 3.05) is 18.6 Å². The number of methoxy groups -OCH3 is 1. The normalized spacial score (nSPS) is 18.5. The Hall–Kier alpha value is -2.74. The second-order valence-corrected chi connectivity index (χ2v) is 9.43. The minimum Gasteiger partial charge on any atom is -0.465 e. The average molecular weight is 399 g/mol. The van der Waals surface area contributed by atoms with E-state index in [0.717, 1.165) is 11.1 Å². The zero-order valence-electron chi connectivity index (χ0n) is 16.0. The molecular weight excluding hydrogens is 378 g/mol. The Labute approximate surface area is 163 Å². The number of benzene rings is 1. The van der Waals surface area contributed by atoms with Crippen molar-refractivity contribution in [2.45, 2.75) is 26.3 Å². The quantitative estimate of drug-likeness (QED) is 0.629. The molecule has 0 N–H and O–H groups in total. The first-order chi connectivity index (χ1) is 13.3. The van der Waals surface area contributed by atoms with Crippen molar-refractivity contribution < 1.29 is 17.9 Å². The minimum absolute atomic E-state index is 0.0349. The van der Waals surface area contributed by atoms with E-state index >= 15 is 0 Å². The number of ether oxygens (including phenoxy) is 1. The standard InChI is InChI=1S/C20H21N3O4S/c1-12-4-6-14(7-5-12)17-10-16(20(24)27-3)18-13(2)22-23(19(18)21-17)15-8-9-28(25,26)11-15/h4-7,10,15H,8-9,11H2,1-3H3. The second kappa shape index (κ2) is 6.70. The average Bonchev–Trinajstić information content (AvgIpc) is 3.20. The zero-order chi connectivity index (χ0) is 20.1. The number of hydrogen-bond donors (Lipinski definition) is 0. The third-order valence-electron chi connectivity index (χ3n) is 5.14. The van der Waals surface area contributed by atoms with Gasteiger partial charge in [-0.3, -0.25) is 0 Å². The number of carbonyl (C=O) groups is 1. The molecule has 0 radical (unpaired) electrons. The molecule has 1 unspecified atom stereocenters. The van der Waals surface area contributed by atoms with E-state index < -0.39 is 15.8 Å². The van der Waals surface area contributed by atoms with Crippen molar-refractivity contribution >= 4 is 26.8 Å². The van der Waals surface area contributed by atoms with Gasteiger partial charge in [0, 0.05) is 5.56 Å². The molecule has 1 saturated heterocycles. The SMILES string of the molecule is COC(=O)c1cc(-c2ccc(C)cc2)nc2c1c(C)nn2C1CCS(=O)(=O)C1. The molecule has 8 heteroatoms. The molecule has 146 valence electrons. The Morgan fingerprint density at radius 2 is 1.93 bits per heavy atom. The summed E-state index contributed by atoms with van der Waals surface area (Å²) in [6, 6.07) is 9.27. The number of esters is 1. The molecule has 1 aliphatic rings. The van der Waals surface area contributed by atoms with Crippen LogP contribution in [0.2, 0.25) is 0 Å². The monoisotopic (exact) mass is 399 g/mol. The third-order valence-corrected chi connectivity index (χ3v) is 6.89. The highest BCUT2D eigenvalue weighted by Gasteiger charge is 2.32. The maximum Gasteiger partial charge on any atom is 0.338 e. The fourth-order valence-corrected chi connectivity index (χ4v) is 5.37. The summed E-state index contributed by atoms with van der Waals surface area (Å²) in [5, 5.41) is 5.15. The highest BCUT2D eigenvalue weighted by atomic mass is 32.2. The number of rotatable bonds is 3. The number of nitrogens with zero attached hydrogens (tertiary/aromatic N) is 3. The molecule has 7 nitrogen and oxygen atoms in total. The van der Waals surface area contributed by atoms with Crippen molar-refractivity contribution in [3.05, 3.63) is 47.2 Å². The van der Waals surface area contributed by atoms with E-state index in [-0.39, 0.29) is 17.5 Å². The van der Waals surface area contributed by atoms with Gasteiger partial charge in [0.05, 0.1) is 47.0 Å². The Kier molecular flexibility index (Phi) is 4.45. The molecule has 0 amide bonds. The lowest BCUT2D eigenvalue weighted by molar-refractivity contribution is 0.0603. The third kappa shape index (κ3) is 3.17. The fourth-order valence-electron chi connectivity index (χ4n) is 3.68. The van der Waals surface area contributed by atoms with Crippen LogP contribution in [-0.4, -0.2) is 47.8 Å². The van der Waals surface area contributed by atoms with E-state index in [9.17, 15) is 13.2 Å². The van der Waals surface area contributed by atoms with Crippen LogP contribution in [0.1, 0.15) is 34.1 Å². The maximum atomic E-state index is 12.5. The van der Waals surface area contributed by atoms with Gasteiger partial charge in [0.2, 0.25) is 0 Å². The van der Waals surface area contributed by atoms with Gasteiger partial charge in [0.1, 0.15) is 0 Å². The van der Waals surface area contributed by atoms with Gasteiger partial charge in [0.15, 0.2) is 15.5 Å². The van der Waals surface area contributed by atoms with Crippen LogP contribution in [0.3, 0.4) is 0 Å². The van der Waals surface area contributed by atoms with Crippen LogP contribution in [0.25, 0.3) is 22.3 Å². The summed E-state index contributed by atoms with van der Waals surface area (Å²) in [7, 11) is -1.74. The summed E-state index contributed by atoms with van der Waals surface area (Å²) in [5.41, 5.74) is 4.13. The molecule has 4 rings (SSSR count). The van der Waals surface area contributed by atoms with E-state index in [1.807, 2.05) is 31.2 Å². The summed E-state index contributed by atoms with van der Waals surface area (Å²) in [6.07, 6.45) is 0.489. The van der Waals surface area contributed by atoms with Crippen LogP contribution in [-0.2, 0) is 14.6 Å². The molecular formula is C20H21N3O4S. The summed E-state index contributed by atoms with van der Waals surface area (Å²) >= 11 is 0. The molecule has 0 saturated carbocycles. The number of fused-ring (bicyclic) bond motifs is 1. The number of carbonyl (C=O) groups excluding carboxylic acids is 1. The van der Waals surface area contributed by atoms with Gasteiger partial charge in [-0.1, -0.05) is 29.8 Å². The smallest absolute Gasteiger partial charge is 0.338 e. The molecule has 0 spiro atoms. The predicted octanol–water partition coefficient (Wildman–Crippen LogP) is 2.86. The van der Waals surface area contributed by atoms with Gasteiger partial charge in [-0.15, -0.1) is 0 Å². The predicted molar refractivity (Wildman–Crippen MR) is 106 cm³/mol. The molecule has 1 aliphatic heterocycles. The lowest BCUT2D eigenvalue weighted by Gasteiger charge is -2.11. The summed E-state index contributed by atoms with van der Waals surface area (Å²) in [5.74, 6) is -0.297. The van der Waals surface area contributed by atoms with Crippen LogP contribution in [0.4, 0.5) is 0 Å². The topological polar surface area (TPSA) is 91.2 Å². The lowest BCUT2D eigenvalue weighted by atomic mass is 10.0. The Bertz CT molecular complexity index is 1180. The Balaban J connectivity index is 1.96. The number of aromatic nitrogens is 3. The summed E-state index contributed by atoms with van der Waals surface area (Å²) in [4.78, 5) is 17.2. The fraction of sp³-hybridized carbons (Fsp3) is 0.350. The molecule has 1 aromatic carbocycles. The van der Waals surface area contributed by atoms with Gasteiger partial charge in [-0.05, 0) is 26.3 Å². The van der Waals surface area contributed by atoms with Crippen molar-refractivity contribution in [3.63, 3.8) is 0 Å². The molecule has 3 aromatic rings. The van der Waals surface area contributed by atoms with Gasteiger partial charge in [-0.25, -0.2) is 22.9 Å². The maximum absolute atomic E-state index is 12.5. The van der Waals surface area contributed by atoms with Crippen molar-refractivity contribution in [3.8, 4) is 11.3 Å². The van der Waals surface area contributed by atoms with E-state index in [1.54, 1.807) is 17.7 Å². The number of sulfone groups is 1. The van der Waals surface area contributed by atoms with Gasteiger partial charge in [0.25, 0.3) is 0 Å². The van der Waals surface area contributed by atoms with Gasteiger partial charge in [-0.2, -0.15) is 5.10 Å². The molecule has 28 heavy (non-hydrogen) atoms. The second-order valence-electron chi connectivity index (χ2n) is 7.20. The van der Waals surface area contributed by atoms with Crippen LogP contribution in [0, 0.1) is 13.8 Å². The molecule has 3 heterocycles. The Morgan fingerprint density at radius 3 is 2.54 bits per heavy atom. The van der Waals surface area contributed by atoms with E-state index in [0.29, 0.717) is 34.4 Å². The molecule has 2 aromatic heterocycles. The first-order valence-electron chi connectivity index (χ1n) is 9.05. The van der Waals surface area contributed by atoms with E-state index in [1.165, 1.54) is 7.11 Å². The highest BCUT2D eigenvalue weighted by molar-refractivity contribution is 7.91. The highest BCUT2D eigenvalue weighted by Crippen LogP contribution is 2.32. The lowest BCUT2D eigenvalue weighted by Crippen LogP contribution is -2.13. The largest absolute Gasteiger partial charge is 0.465 e. The van der Waals surface area contributed by atoms with Gasteiger partial charge < -0.3 is 4.74 Å². The van der Waals surface area contributed by atoms with Gasteiger partial charge >= 0.3 is 5.97 Å². The number of pyridine rings is 1. The molecule has 1 fully saturated rings. The van der Waals surface area contributed by atoms with Crippen LogP contribution >= 0.6 is 0 Å². The van der Waals surface area contributed by atoms with Crippen molar-refractivity contribution in [1.29, 1.82) is 0 Å². The first-order valence-corrected chi connectivity index (χ1v) is 10.9. The van der Waals surface area contributed by atoms with E-state index in [2.05, 4.69) is 5.10 Å². The molecule has 0 aliphatic carbocycles. The molecule has 1 atom stereocenters. The minimum atomic E-state index is -3.08.